The summed E-state index contributed by atoms with van der Waals surface area (Å²) in [6.07, 6.45) is 7.06. The maximum absolute atomic E-state index is 12.0. The molecule has 1 aliphatic carbocycles. The highest BCUT2D eigenvalue weighted by atomic mass is 16.4. The van der Waals surface area contributed by atoms with Gasteiger partial charge < -0.3 is 10.5 Å². The monoisotopic (exact) mass is 247 g/mol. The van der Waals surface area contributed by atoms with Gasteiger partial charge in [-0.15, -0.1) is 0 Å². The molecule has 1 amide bonds. The molecule has 2 N–H and O–H groups in total. The van der Waals surface area contributed by atoms with Crippen LogP contribution in [0.1, 0.15) is 37.8 Å². The van der Waals surface area contributed by atoms with E-state index < -0.39 is 0 Å². The zero-order valence-electron chi connectivity index (χ0n) is 10.2. The number of pyridine rings is 1. The van der Waals surface area contributed by atoms with Crippen molar-refractivity contribution in [1.29, 1.82) is 0 Å². The van der Waals surface area contributed by atoms with E-state index in [2.05, 4.69) is 15.5 Å². The summed E-state index contributed by atoms with van der Waals surface area (Å²) < 4.78 is 0. The van der Waals surface area contributed by atoms with E-state index in [0.717, 1.165) is 25.7 Å². The Balaban J connectivity index is 2.02. The minimum atomic E-state index is -0.358. The maximum Gasteiger partial charge on any atom is 0.275 e. The Kier molecular flexibility index (Phi) is 4.28. The lowest BCUT2D eigenvalue weighted by molar-refractivity contribution is -0.115. The number of rotatable bonds is 3. The first-order valence-electron chi connectivity index (χ1n) is 6.25. The Hall–Kier alpha value is -1.91. The molecule has 96 valence electrons. The molecule has 0 bridgehead atoms. The minimum absolute atomic E-state index is 0.0267. The number of oxime groups is 1. The van der Waals surface area contributed by atoms with Gasteiger partial charge in [0.25, 0.3) is 5.91 Å². The van der Waals surface area contributed by atoms with Gasteiger partial charge in [0.1, 0.15) is 0 Å². The quantitative estimate of drug-likeness (QED) is 0.485. The van der Waals surface area contributed by atoms with E-state index in [0.29, 0.717) is 5.69 Å². The van der Waals surface area contributed by atoms with E-state index in [4.69, 9.17) is 5.21 Å². The van der Waals surface area contributed by atoms with Crippen molar-refractivity contribution < 1.29 is 10.0 Å². The van der Waals surface area contributed by atoms with Crippen molar-refractivity contribution in [2.75, 3.05) is 0 Å². The predicted octanol–water partition coefficient (Wildman–Crippen LogP) is 1.71. The van der Waals surface area contributed by atoms with Gasteiger partial charge in [0, 0.05) is 12.2 Å². The number of amides is 1. The van der Waals surface area contributed by atoms with Crippen LogP contribution in [0, 0.1) is 0 Å². The first kappa shape index (κ1) is 12.5. The Bertz CT molecular complexity index is 425. The van der Waals surface area contributed by atoms with E-state index in [9.17, 15) is 4.79 Å². The second-order valence-electron chi connectivity index (χ2n) is 4.47. The molecule has 2 rings (SSSR count). The molecule has 1 fully saturated rings. The molecule has 0 atom stereocenters. The predicted molar refractivity (Wildman–Crippen MR) is 67.6 cm³/mol. The van der Waals surface area contributed by atoms with Crippen LogP contribution in [0.15, 0.2) is 29.6 Å². The molecule has 0 aromatic carbocycles. The van der Waals surface area contributed by atoms with Crippen molar-refractivity contribution in [2.24, 2.45) is 5.16 Å². The van der Waals surface area contributed by atoms with Crippen molar-refractivity contribution in [3.8, 4) is 0 Å². The van der Waals surface area contributed by atoms with Crippen LogP contribution < -0.4 is 5.32 Å². The van der Waals surface area contributed by atoms with E-state index in [-0.39, 0.29) is 17.7 Å². The highest BCUT2D eigenvalue weighted by Crippen LogP contribution is 2.17. The standard InChI is InChI=1S/C13H17N3O2/c17-13(15-10-6-2-1-3-7-10)12(16-18)11-8-4-5-9-14-11/h4-5,8-10,18H,1-3,6-7H2,(H,15,17). The van der Waals surface area contributed by atoms with Crippen molar-refractivity contribution in [1.82, 2.24) is 10.3 Å². The lowest BCUT2D eigenvalue weighted by Crippen LogP contribution is -2.40. The average Bonchev–Trinajstić information content (AvgIpc) is 2.42. The minimum Gasteiger partial charge on any atom is -0.410 e. The van der Waals surface area contributed by atoms with Gasteiger partial charge in [0.15, 0.2) is 5.71 Å². The molecule has 0 saturated heterocycles. The average molecular weight is 247 g/mol. The van der Waals surface area contributed by atoms with Gasteiger partial charge in [-0.2, -0.15) is 0 Å². The largest absolute Gasteiger partial charge is 0.410 e. The molecule has 0 spiro atoms. The third-order valence-electron chi connectivity index (χ3n) is 3.16. The van der Waals surface area contributed by atoms with E-state index in [1.54, 1.807) is 24.4 Å². The van der Waals surface area contributed by atoms with Crippen LogP contribution >= 0.6 is 0 Å². The fourth-order valence-corrected chi connectivity index (χ4v) is 2.22. The first-order chi connectivity index (χ1) is 8.81. The van der Waals surface area contributed by atoms with Crippen molar-refractivity contribution >= 4 is 11.6 Å². The SMILES string of the molecule is O=C(NC1CCCCC1)C(=NO)c1ccccn1. The fourth-order valence-electron chi connectivity index (χ4n) is 2.22. The van der Waals surface area contributed by atoms with Crippen LogP contribution in [0.25, 0.3) is 0 Å². The highest BCUT2D eigenvalue weighted by molar-refractivity contribution is 6.44. The number of carbonyl (C=O) groups excluding carboxylic acids is 1. The van der Waals surface area contributed by atoms with Crippen LogP contribution in [-0.4, -0.2) is 27.9 Å². The lowest BCUT2D eigenvalue weighted by Gasteiger charge is -2.22. The molecule has 1 saturated carbocycles. The van der Waals surface area contributed by atoms with Gasteiger partial charge in [0.2, 0.25) is 0 Å². The van der Waals surface area contributed by atoms with Gasteiger partial charge in [0.05, 0.1) is 5.69 Å². The molecule has 5 heteroatoms. The third kappa shape index (κ3) is 3.06. The molecule has 0 aliphatic heterocycles. The van der Waals surface area contributed by atoms with Crippen LogP contribution in [0.5, 0.6) is 0 Å². The first-order valence-corrected chi connectivity index (χ1v) is 6.25. The van der Waals surface area contributed by atoms with E-state index in [1.165, 1.54) is 6.42 Å². The summed E-state index contributed by atoms with van der Waals surface area (Å²) in [4.78, 5) is 16.0. The van der Waals surface area contributed by atoms with Crippen LogP contribution in [0.2, 0.25) is 0 Å². The van der Waals surface area contributed by atoms with Crippen molar-refractivity contribution in [2.45, 2.75) is 38.1 Å². The summed E-state index contributed by atoms with van der Waals surface area (Å²) in [5.41, 5.74) is 0.356. The van der Waals surface area contributed by atoms with Crippen LogP contribution in [0.4, 0.5) is 0 Å². The summed E-state index contributed by atoms with van der Waals surface area (Å²) in [6.45, 7) is 0. The van der Waals surface area contributed by atoms with Gasteiger partial charge in [-0.25, -0.2) is 0 Å². The zero-order chi connectivity index (χ0) is 12.8. The lowest BCUT2D eigenvalue weighted by atomic mass is 9.95. The summed E-state index contributed by atoms with van der Waals surface area (Å²) in [5.74, 6) is -0.358. The molecular formula is C13H17N3O2. The smallest absolute Gasteiger partial charge is 0.275 e. The fraction of sp³-hybridized carbons (Fsp3) is 0.462. The summed E-state index contributed by atoms with van der Waals surface area (Å²) in [6, 6.07) is 5.33. The Morgan fingerprint density at radius 2 is 2.11 bits per heavy atom. The molecule has 1 aromatic heterocycles. The second-order valence-corrected chi connectivity index (χ2v) is 4.47. The number of carbonyl (C=O) groups is 1. The zero-order valence-corrected chi connectivity index (χ0v) is 10.2. The Morgan fingerprint density at radius 3 is 2.72 bits per heavy atom. The normalized spacial score (nSPS) is 17.4. The molecule has 0 unspecified atom stereocenters. The van der Waals surface area contributed by atoms with E-state index >= 15 is 0 Å². The molecule has 1 aliphatic rings. The molecular weight excluding hydrogens is 230 g/mol. The maximum atomic E-state index is 12.0. The van der Waals surface area contributed by atoms with Crippen molar-refractivity contribution in [3.63, 3.8) is 0 Å². The molecule has 5 nitrogen and oxygen atoms in total. The topological polar surface area (TPSA) is 74.6 Å². The van der Waals surface area contributed by atoms with E-state index in [1.807, 2.05) is 0 Å². The highest BCUT2D eigenvalue weighted by Gasteiger charge is 2.21. The third-order valence-corrected chi connectivity index (χ3v) is 3.16. The number of hydrogen-bond acceptors (Lipinski definition) is 4. The van der Waals surface area contributed by atoms with Crippen molar-refractivity contribution in [3.05, 3.63) is 30.1 Å². The summed E-state index contributed by atoms with van der Waals surface area (Å²) in [5, 5.41) is 14.9. The molecule has 18 heavy (non-hydrogen) atoms. The Morgan fingerprint density at radius 1 is 1.33 bits per heavy atom. The van der Waals surface area contributed by atoms with Gasteiger partial charge >= 0.3 is 0 Å². The summed E-state index contributed by atoms with van der Waals surface area (Å²) in [7, 11) is 0. The van der Waals surface area contributed by atoms with Gasteiger partial charge in [-0.05, 0) is 25.0 Å². The van der Waals surface area contributed by atoms with Crippen LogP contribution in [0.3, 0.4) is 0 Å². The summed E-state index contributed by atoms with van der Waals surface area (Å²) >= 11 is 0. The molecule has 0 radical (unpaired) electrons. The number of aromatic nitrogens is 1. The number of hydrogen-bond donors (Lipinski definition) is 2. The van der Waals surface area contributed by atoms with Crippen LogP contribution in [-0.2, 0) is 4.79 Å². The number of nitrogens with zero attached hydrogens (tertiary/aromatic N) is 2. The Labute approximate surface area is 106 Å². The number of nitrogens with one attached hydrogen (secondary N) is 1. The molecule has 1 aromatic rings. The second kappa shape index (κ2) is 6.14. The van der Waals surface area contributed by atoms with Gasteiger partial charge in [-0.1, -0.05) is 30.5 Å². The van der Waals surface area contributed by atoms with Gasteiger partial charge in [-0.3, -0.25) is 9.78 Å². The molecule has 1 heterocycles.